The SMILES string of the molecule is CN(C)c1ccnc(N2CCCN(C(=O)OC(C)(C)C)CC2)n1. The fourth-order valence-corrected chi connectivity index (χ4v) is 2.37. The first-order chi connectivity index (χ1) is 10.8. The van der Waals surface area contributed by atoms with Crippen LogP contribution in [0.15, 0.2) is 12.3 Å². The number of nitrogens with zero attached hydrogens (tertiary/aromatic N) is 5. The highest BCUT2D eigenvalue weighted by Crippen LogP contribution is 2.16. The Morgan fingerprint density at radius 2 is 1.96 bits per heavy atom. The van der Waals surface area contributed by atoms with Gasteiger partial charge in [0.1, 0.15) is 11.4 Å². The summed E-state index contributed by atoms with van der Waals surface area (Å²) in [4.78, 5) is 27.0. The second-order valence-corrected chi connectivity index (χ2v) is 6.92. The third kappa shape index (κ3) is 4.97. The Kier molecular flexibility index (Phi) is 5.28. The summed E-state index contributed by atoms with van der Waals surface area (Å²) >= 11 is 0. The molecule has 1 aromatic heterocycles. The van der Waals surface area contributed by atoms with E-state index in [1.807, 2.05) is 45.8 Å². The molecule has 1 aliphatic heterocycles. The predicted octanol–water partition coefficient (Wildman–Crippen LogP) is 1.99. The lowest BCUT2D eigenvalue weighted by Gasteiger charge is -2.26. The van der Waals surface area contributed by atoms with E-state index >= 15 is 0 Å². The molecule has 1 aliphatic rings. The number of amides is 1. The van der Waals surface area contributed by atoms with Crippen LogP contribution in [0.5, 0.6) is 0 Å². The molecule has 0 spiro atoms. The summed E-state index contributed by atoms with van der Waals surface area (Å²) in [6.07, 6.45) is 2.39. The molecule has 0 radical (unpaired) electrons. The maximum atomic E-state index is 12.2. The van der Waals surface area contributed by atoms with Gasteiger partial charge in [-0.15, -0.1) is 0 Å². The van der Waals surface area contributed by atoms with Crippen LogP contribution in [0.1, 0.15) is 27.2 Å². The monoisotopic (exact) mass is 321 g/mol. The average molecular weight is 321 g/mol. The van der Waals surface area contributed by atoms with Crippen molar-refractivity contribution in [2.75, 3.05) is 50.1 Å². The highest BCUT2D eigenvalue weighted by Gasteiger charge is 2.25. The standard InChI is InChI=1S/C16H27N5O2/c1-16(2,3)23-15(22)21-10-6-9-20(11-12-21)14-17-8-7-13(18-14)19(4)5/h7-8H,6,9-12H2,1-5H3. The highest BCUT2D eigenvalue weighted by atomic mass is 16.6. The van der Waals surface area contributed by atoms with Crippen molar-refractivity contribution in [3.63, 3.8) is 0 Å². The van der Waals surface area contributed by atoms with E-state index in [0.29, 0.717) is 25.6 Å². The molecule has 23 heavy (non-hydrogen) atoms. The van der Waals surface area contributed by atoms with Gasteiger partial charge in [-0.05, 0) is 33.3 Å². The topological polar surface area (TPSA) is 61.8 Å². The van der Waals surface area contributed by atoms with E-state index in [0.717, 1.165) is 18.8 Å². The van der Waals surface area contributed by atoms with Crippen molar-refractivity contribution in [1.29, 1.82) is 0 Å². The first kappa shape index (κ1) is 17.3. The summed E-state index contributed by atoms with van der Waals surface area (Å²) in [6, 6.07) is 1.88. The van der Waals surface area contributed by atoms with Crippen molar-refractivity contribution < 1.29 is 9.53 Å². The Hall–Kier alpha value is -2.05. The zero-order valence-corrected chi connectivity index (χ0v) is 14.7. The van der Waals surface area contributed by atoms with Crippen LogP contribution in [0.3, 0.4) is 0 Å². The maximum absolute atomic E-state index is 12.2. The molecule has 1 saturated heterocycles. The van der Waals surface area contributed by atoms with E-state index in [1.165, 1.54) is 0 Å². The molecule has 0 N–H and O–H groups in total. The summed E-state index contributed by atoms with van der Waals surface area (Å²) in [7, 11) is 3.91. The number of aromatic nitrogens is 2. The Morgan fingerprint density at radius 1 is 1.22 bits per heavy atom. The first-order valence-electron chi connectivity index (χ1n) is 7.99. The van der Waals surface area contributed by atoms with Crippen LogP contribution >= 0.6 is 0 Å². The summed E-state index contributed by atoms with van der Waals surface area (Å²) in [6.45, 7) is 8.50. The lowest BCUT2D eigenvalue weighted by molar-refractivity contribution is 0.0263. The van der Waals surface area contributed by atoms with Gasteiger partial charge in [-0.1, -0.05) is 0 Å². The second kappa shape index (κ2) is 7.02. The van der Waals surface area contributed by atoms with E-state index in [-0.39, 0.29) is 6.09 Å². The van der Waals surface area contributed by atoms with Gasteiger partial charge >= 0.3 is 6.09 Å². The lowest BCUT2D eigenvalue weighted by Crippen LogP contribution is -2.39. The van der Waals surface area contributed by atoms with Gasteiger partial charge in [0.05, 0.1) is 0 Å². The van der Waals surface area contributed by atoms with Crippen molar-refractivity contribution in [1.82, 2.24) is 14.9 Å². The molecule has 2 heterocycles. The van der Waals surface area contributed by atoms with E-state index in [1.54, 1.807) is 11.1 Å². The van der Waals surface area contributed by atoms with Crippen LogP contribution in [-0.4, -0.2) is 66.8 Å². The molecule has 7 heteroatoms. The number of anilines is 2. The molecule has 1 fully saturated rings. The van der Waals surface area contributed by atoms with Gasteiger partial charge in [0.25, 0.3) is 0 Å². The molecule has 0 atom stereocenters. The van der Waals surface area contributed by atoms with Gasteiger partial charge < -0.3 is 19.4 Å². The average Bonchev–Trinajstić information content (AvgIpc) is 2.71. The minimum absolute atomic E-state index is 0.248. The zero-order valence-electron chi connectivity index (χ0n) is 14.7. The van der Waals surface area contributed by atoms with Gasteiger partial charge in [0, 0.05) is 46.5 Å². The number of hydrogen-bond donors (Lipinski definition) is 0. The highest BCUT2D eigenvalue weighted by molar-refractivity contribution is 5.68. The normalized spacial score (nSPS) is 16.0. The quantitative estimate of drug-likeness (QED) is 0.830. The van der Waals surface area contributed by atoms with Gasteiger partial charge in [-0.3, -0.25) is 0 Å². The molecule has 128 valence electrons. The molecule has 0 saturated carbocycles. The van der Waals surface area contributed by atoms with Gasteiger partial charge in [0.2, 0.25) is 5.95 Å². The molecule has 2 rings (SSSR count). The van der Waals surface area contributed by atoms with Crippen LogP contribution in [0.2, 0.25) is 0 Å². The van der Waals surface area contributed by atoms with Crippen molar-refractivity contribution in [2.45, 2.75) is 32.8 Å². The van der Waals surface area contributed by atoms with Gasteiger partial charge in [-0.2, -0.15) is 4.98 Å². The van der Waals surface area contributed by atoms with Crippen LogP contribution in [0.4, 0.5) is 16.6 Å². The van der Waals surface area contributed by atoms with Crippen LogP contribution in [0, 0.1) is 0 Å². The molecule has 0 unspecified atom stereocenters. The van der Waals surface area contributed by atoms with E-state index in [9.17, 15) is 4.79 Å². The molecule has 1 aromatic rings. The molecule has 0 aliphatic carbocycles. The minimum atomic E-state index is -0.466. The van der Waals surface area contributed by atoms with E-state index < -0.39 is 5.60 Å². The minimum Gasteiger partial charge on any atom is -0.444 e. The molecule has 0 bridgehead atoms. The fraction of sp³-hybridized carbons (Fsp3) is 0.688. The Balaban J connectivity index is 2.01. The van der Waals surface area contributed by atoms with Gasteiger partial charge in [0.15, 0.2) is 0 Å². The van der Waals surface area contributed by atoms with Gasteiger partial charge in [-0.25, -0.2) is 9.78 Å². The number of carbonyl (C=O) groups is 1. The molecule has 1 amide bonds. The Labute approximate surface area is 138 Å². The van der Waals surface area contributed by atoms with Crippen LogP contribution < -0.4 is 9.80 Å². The van der Waals surface area contributed by atoms with Crippen molar-refractivity contribution in [2.24, 2.45) is 0 Å². The maximum Gasteiger partial charge on any atom is 0.410 e. The second-order valence-electron chi connectivity index (χ2n) is 6.92. The van der Waals surface area contributed by atoms with Crippen LogP contribution in [0.25, 0.3) is 0 Å². The van der Waals surface area contributed by atoms with E-state index in [4.69, 9.17) is 4.74 Å². The van der Waals surface area contributed by atoms with Crippen molar-refractivity contribution in [3.05, 3.63) is 12.3 Å². The van der Waals surface area contributed by atoms with Crippen molar-refractivity contribution in [3.8, 4) is 0 Å². The predicted molar refractivity (Wildman–Crippen MR) is 91.0 cm³/mol. The molecule has 7 nitrogen and oxygen atoms in total. The number of hydrogen-bond acceptors (Lipinski definition) is 6. The fourth-order valence-electron chi connectivity index (χ4n) is 2.37. The molecular weight excluding hydrogens is 294 g/mol. The third-order valence-corrected chi connectivity index (χ3v) is 3.52. The van der Waals surface area contributed by atoms with Crippen LogP contribution in [-0.2, 0) is 4.74 Å². The Bertz CT molecular complexity index is 542. The number of carbonyl (C=O) groups excluding carboxylic acids is 1. The number of rotatable bonds is 2. The Morgan fingerprint density at radius 3 is 2.61 bits per heavy atom. The number of ether oxygens (including phenoxy) is 1. The third-order valence-electron chi connectivity index (χ3n) is 3.52. The van der Waals surface area contributed by atoms with Crippen molar-refractivity contribution >= 4 is 17.9 Å². The smallest absolute Gasteiger partial charge is 0.410 e. The summed E-state index contributed by atoms with van der Waals surface area (Å²) in [5.74, 6) is 1.59. The molecule has 0 aromatic carbocycles. The summed E-state index contributed by atoms with van der Waals surface area (Å²) in [5.41, 5.74) is -0.466. The lowest BCUT2D eigenvalue weighted by atomic mass is 10.2. The summed E-state index contributed by atoms with van der Waals surface area (Å²) < 4.78 is 5.45. The molecular formula is C16H27N5O2. The summed E-state index contributed by atoms with van der Waals surface area (Å²) in [5, 5.41) is 0. The largest absolute Gasteiger partial charge is 0.444 e. The first-order valence-corrected chi connectivity index (χ1v) is 7.99. The van der Waals surface area contributed by atoms with E-state index in [2.05, 4.69) is 14.9 Å². The zero-order chi connectivity index (χ0) is 17.0.